The quantitative estimate of drug-likeness (QED) is 0.839. The number of benzene rings is 1. The molecule has 4 nitrogen and oxygen atoms in total. The summed E-state index contributed by atoms with van der Waals surface area (Å²) < 4.78 is 7.59. The van der Waals surface area contributed by atoms with Crippen molar-refractivity contribution in [3.8, 4) is 11.4 Å². The highest BCUT2D eigenvalue weighted by molar-refractivity contribution is 5.52. The summed E-state index contributed by atoms with van der Waals surface area (Å²) in [6.45, 7) is 6.84. The van der Waals surface area contributed by atoms with E-state index in [0.29, 0.717) is 12.4 Å². The molecule has 1 aromatic heterocycles. The maximum absolute atomic E-state index is 5.98. The van der Waals surface area contributed by atoms with Crippen LogP contribution in [-0.4, -0.2) is 16.4 Å². The Kier molecular flexibility index (Phi) is 4.10. The summed E-state index contributed by atoms with van der Waals surface area (Å²) in [6, 6.07) is 7.93. The highest BCUT2D eigenvalue weighted by Crippen LogP contribution is 2.26. The predicted octanol–water partition coefficient (Wildman–Crippen LogP) is 3.25. The second kappa shape index (κ2) is 5.78. The molecule has 0 aliphatic rings. The molecule has 0 aliphatic heterocycles. The fourth-order valence-corrected chi connectivity index (χ4v) is 1.95. The minimum atomic E-state index is 0.627. The van der Waals surface area contributed by atoms with Crippen LogP contribution in [0.4, 0.5) is 5.82 Å². The Balaban J connectivity index is 2.36. The highest BCUT2D eigenvalue weighted by Gasteiger charge is 2.10. The van der Waals surface area contributed by atoms with Crippen molar-refractivity contribution >= 4 is 5.82 Å². The zero-order valence-electron chi connectivity index (χ0n) is 11.8. The average molecular weight is 259 g/mol. The van der Waals surface area contributed by atoms with Crippen LogP contribution in [0.1, 0.15) is 31.0 Å². The molecule has 1 heterocycles. The first-order valence-corrected chi connectivity index (χ1v) is 6.67. The minimum absolute atomic E-state index is 0.627. The SMILES string of the molecule is CCCCOc1cc(C)ccc1-n1nc(C)cc1N. The van der Waals surface area contributed by atoms with Crippen LogP contribution >= 0.6 is 0 Å². The minimum Gasteiger partial charge on any atom is -0.491 e. The lowest BCUT2D eigenvalue weighted by Crippen LogP contribution is -2.06. The van der Waals surface area contributed by atoms with Crippen LogP contribution in [0.2, 0.25) is 0 Å². The molecular weight excluding hydrogens is 238 g/mol. The maximum Gasteiger partial charge on any atom is 0.145 e. The van der Waals surface area contributed by atoms with Gasteiger partial charge >= 0.3 is 0 Å². The van der Waals surface area contributed by atoms with Crippen molar-refractivity contribution in [1.82, 2.24) is 9.78 Å². The van der Waals surface area contributed by atoms with E-state index in [9.17, 15) is 0 Å². The molecule has 0 bridgehead atoms. The summed E-state index contributed by atoms with van der Waals surface area (Å²) >= 11 is 0. The van der Waals surface area contributed by atoms with Crippen molar-refractivity contribution in [3.63, 3.8) is 0 Å². The number of nitrogens with two attached hydrogens (primary N) is 1. The van der Waals surface area contributed by atoms with Crippen LogP contribution in [0.15, 0.2) is 24.3 Å². The lowest BCUT2D eigenvalue weighted by Gasteiger charge is -2.13. The van der Waals surface area contributed by atoms with E-state index in [4.69, 9.17) is 10.5 Å². The second-order valence-electron chi connectivity index (χ2n) is 4.80. The van der Waals surface area contributed by atoms with E-state index in [1.165, 1.54) is 0 Å². The molecule has 102 valence electrons. The number of nitrogens with zero attached hydrogens (tertiary/aromatic N) is 2. The number of rotatable bonds is 5. The molecule has 0 spiro atoms. The average Bonchev–Trinajstić information content (AvgIpc) is 2.69. The Morgan fingerprint density at radius 1 is 1.26 bits per heavy atom. The van der Waals surface area contributed by atoms with Crippen LogP contribution in [-0.2, 0) is 0 Å². The third-order valence-corrected chi connectivity index (χ3v) is 2.96. The van der Waals surface area contributed by atoms with Crippen molar-refractivity contribution in [1.29, 1.82) is 0 Å². The van der Waals surface area contributed by atoms with E-state index in [2.05, 4.69) is 12.0 Å². The number of unbranched alkanes of at least 4 members (excludes halogenated alkanes) is 1. The Hall–Kier alpha value is -1.97. The largest absolute Gasteiger partial charge is 0.491 e. The summed E-state index contributed by atoms with van der Waals surface area (Å²) in [4.78, 5) is 0. The van der Waals surface area contributed by atoms with Crippen molar-refractivity contribution in [2.75, 3.05) is 12.3 Å². The smallest absolute Gasteiger partial charge is 0.145 e. The fourth-order valence-electron chi connectivity index (χ4n) is 1.95. The molecule has 1 aromatic carbocycles. The van der Waals surface area contributed by atoms with Gasteiger partial charge in [-0.15, -0.1) is 0 Å². The molecular formula is C15H21N3O. The van der Waals surface area contributed by atoms with Crippen LogP contribution in [0, 0.1) is 13.8 Å². The number of hydrogen-bond acceptors (Lipinski definition) is 3. The lowest BCUT2D eigenvalue weighted by molar-refractivity contribution is 0.308. The molecule has 0 aliphatic carbocycles. The van der Waals surface area contributed by atoms with Gasteiger partial charge in [0.25, 0.3) is 0 Å². The summed E-state index contributed by atoms with van der Waals surface area (Å²) in [5, 5.41) is 4.41. The fraction of sp³-hybridized carbons (Fsp3) is 0.400. The maximum atomic E-state index is 5.98. The first-order valence-electron chi connectivity index (χ1n) is 6.67. The summed E-state index contributed by atoms with van der Waals surface area (Å²) in [7, 11) is 0. The monoisotopic (exact) mass is 259 g/mol. The highest BCUT2D eigenvalue weighted by atomic mass is 16.5. The normalized spacial score (nSPS) is 10.7. The molecule has 0 saturated carbocycles. The van der Waals surface area contributed by atoms with Gasteiger partial charge in [-0.25, -0.2) is 4.68 Å². The molecule has 2 rings (SSSR count). The first-order chi connectivity index (χ1) is 9.11. The van der Waals surface area contributed by atoms with Gasteiger partial charge in [-0.2, -0.15) is 5.10 Å². The zero-order valence-corrected chi connectivity index (χ0v) is 11.8. The Morgan fingerprint density at radius 2 is 2.05 bits per heavy atom. The van der Waals surface area contributed by atoms with Crippen molar-refractivity contribution in [2.45, 2.75) is 33.6 Å². The van der Waals surface area contributed by atoms with Gasteiger partial charge in [0.05, 0.1) is 12.3 Å². The molecule has 0 unspecified atom stereocenters. The third kappa shape index (κ3) is 3.08. The molecule has 4 heteroatoms. The van der Waals surface area contributed by atoms with Crippen molar-refractivity contribution in [2.24, 2.45) is 0 Å². The van der Waals surface area contributed by atoms with Gasteiger partial charge in [0, 0.05) is 6.07 Å². The summed E-state index contributed by atoms with van der Waals surface area (Å²) in [6.07, 6.45) is 2.16. The van der Waals surface area contributed by atoms with E-state index in [1.807, 2.05) is 38.1 Å². The van der Waals surface area contributed by atoms with Crippen molar-refractivity contribution in [3.05, 3.63) is 35.5 Å². The first kappa shape index (κ1) is 13.5. The van der Waals surface area contributed by atoms with Gasteiger partial charge in [0.1, 0.15) is 17.3 Å². The number of ether oxygens (including phenoxy) is 1. The third-order valence-electron chi connectivity index (χ3n) is 2.96. The molecule has 0 radical (unpaired) electrons. The predicted molar refractivity (Wildman–Crippen MR) is 77.9 cm³/mol. The Labute approximate surface area is 114 Å². The number of aromatic nitrogens is 2. The Morgan fingerprint density at radius 3 is 2.68 bits per heavy atom. The van der Waals surface area contributed by atoms with Crippen LogP contribution in [0.3, 0.4) is 0 Å². The molecule has 0 amide bonds. The van der Waals surface area contributed by atoms with E-state index < -0.39 is 0 Å². The Bertz CT molecular complexity index is 561. The van der Waals surface area contributed by atoms with E-state index in [-0.39, 0.29) is 0 Å². The van der Waals surface area contributed by atoms with E-state index in [0.717, 1.165) is 35.5 Å². The number of nitrogen functional groups attached to an aromatic ring is 1. The molecule has 0 atom stereocenters. The van der Waals surface area contributed by atoms with Crippen LogP contribution in [0.5, 0.6) is 5.75 Å². The zero-order chi connectivity index (χ0) is 13.8. The topological polar surface area (TPSA) is 53.1 Å². The van der Waals surface area contributed by atoms with E-state index >= 15 is 0 Å². The molecule has 2 aromatic rings. The van der Waals surface area contributed by atoms with E-state index in [1.54, 1.807) is 4.68 Å². The summed E-state index contributed by atoms with van der Waals surface area (Å²) in [5.74, 6) is 1.46. The number of aryl methyl sites for hydroxylation is 2. The van der Waals surface area contributed by atoms with Crippen LogP contribution < -0.4 is 10.5 Å². The van der Waals surface area contributed by atoms with Crippen LogP contribution in [0.25, 0.3) is 5.69 Å². The number of anilines is 1. The van der Waals surface area contributed by atoms with Gasteiger partial charge in [-0.1, -0.05) is 19.4 Å². The second-order valence-corrected chi connectivity index (χ2v) is 4.80. The van der Waals surface area contributed by atoms with Gasteiger partial charge < -0.3 is 10.5 Å². The van der Waals surface area contributed by atoms with Gasteiger partial charge in [-0.05, 0) is 38.0 Å². The lowest BCUT2D eigenvalue weighted by atomic mass is 10.2. The molecule has 19 heavy (non-hydrogen) atoms. The molecule has 0 fully saturated rings. The number of hydrogen-bond donors (Lipinski definition) is 1. The molecule has 0 saturated heterocycles. The molecule has 2 N–H and O–H groups in total. The summed E-state index contributed by atoms with van der Waals surface area (Å²) in [5.41, 5.74) is 8.94. The van der Waals surface area contributed by atoms with Gasteiger partial charge in [-0.3, -0.25) is 0 Å². The van der Waals surface area contributed by atoms with Gasteiger partial charge in [0.15, 0.2) is 0 Å². The van der Waals surface area contributed by atoms with Gasteiger partial charge in [0.2, 0.25) is 0 Å². The standard InChI is InChI=1S/C15H21N3O/c1-4-5-8-19-14-9-11(2)6-7-13(14)18-15(16)10-12(3)17-18/h6-7,9-10H,4-5,8,16H2,1-3H3. The van der Waals surface area contributed by atoms with Crippen molar-refractivity contribution < 1.29 is 4.74 Å².